The van der Waals surface area contributed by atoms with Gasteiger partial charge < -0.3 is 10.3 Å². The van der Waals surface area contributed by atoms with Crippen LogP contribution >= 0.6 is 11.6 Å². The molecule has 3 rings (SSSR count). The molecule has 112 valence electrons. The second-order valence-electron chi connectivity index (χ2n) is 4.76. The number of carbonyl (C=O) groups is 1. The Labute approximate surface area is 129 Å². The summed E-state index contributed by atoms with van der Waals surface area (Å²) in [6, 6.07) is 5.49. The fraction of sp³-hybridized carbons (Fsp3) is 0.0667. The monoisotopic (exact) mass is 321 g/mol. The topological polar surface area (TPSA) is 60.9 Å². The van der Waals surface area contributed by atoms with Crippen LogP contribution < -0.4 is 5.73 Å². The van der Waals surface area contributed by atoms with Crippen LogP contribution in [0.4, 0.5) is 8.78 Å². The number of nitrogens with two attached hydrogens (primary N) is 1. The zero-order valence-electron chi connectivity index (χ0n) is 11.2. The van der Waals surface area contributed by atoms with Crippen molar-refractivity contribution in [3.8, 4) is 0 Å². The van der Waals surface area contributed by atoms with E-state index in [9.17, 15) is 13.6 Å². The Hall–Kier alpha value is -2.47. The number of halogens is 3. The molecule has 0 saturated heterocycles. The summed E-state index contributed by atoms with van der Waals surface area (Å²) in [5, 5.41) is 1.22. The summed E-state index contributed by atoms with van der Waals surface area (Å²) < 4.78 is 29.7. The molecule has 0 aliphatic heterocycles. The zero-order valence-corrected chi connectivity index (χ0v) is 11.9. The number of benzene rings is 1. The molecule has 0 atom stereocenters. The summed E-state index contributed by atoms with van der Waals surface area (Å²) in [4.78, 5) is 15.3. The second-order valence-corrected chi connectivity index (χ2v) is 5.20. The maximum absolute atomic E-state index is 14.2. The third-order valence-corrected chi connectivity index (χ3v) is 3.55. The minimum atomic E-state index is -0.955. The van der Waals surface area contributed by atoms with Crippen molar-refractivity contribution in [1.29, 1.82) is 0 Å². The van der Waals surface area contributed by atoms with Crippen LogP contribution in [0.2, 0.25) is 5.02 Å². The highest BCUT2D eigenvalue weighted by molar-refractivity contribution is 6.31. The highest BCUT2D eigenvalue weighted by Crippen LogP contribution is 2.22. The predicted molar refractivity (Wildman–Crippen MR) is 78.7 cm³/mol. The average Bonchev–Trinajstić information content (AvgIpc) is 2.85. The van der Waals surface area contributed by atoms with Crippen molar-refractivity contribution >= 4 is 28.5 Å². The van der Waals surface area contributed by atoms with Gasteiger partial charge in [-0.05, 0) is 24.3 Å². The van der Waals surface area contributed by atoms with Crippen LogP contribution in [-0.4, -0.2) is 15.5 Å². The fourth-order valence-corrected chi connectivity index (χ4v) is 2.45. The standard InChI is InChI=1S/C15H10ClF2N3O/c16-9-5-8-3-4-21(15(8)20-6-9)7-11-12(17)2-1-10(13(11)18)14(19)22/h1-6H,7H2,(H2,19,22). The van der Waals surface area contributed by atoms with E-state index in [0.717, 1.165) is 17.5 Å². The number of primary amides is 1. The van der Waals surface area contributed by atoms with E-state index >= 15 is 0 Å². The molecular formula is C15H10ClF2N3O. The predicted octanol–water partition coefficient (Wildman–Crippen LogP) is 3.12. The van der Waals surface area contributed by atoms with Gasteiger partial charge in [0.05, 0.1) is 17.1 Å². The molecule has 2 heterocycles. The molecule has 0 radical (unpaired) electrons. The van der Waals surface area contributed by atoms with Crippen molar-refractivity contribution in [1.82, 2.24) is 9.55 Å². The van der Waals surface area contributed by atoms with Gasteiger partial charge >= 0.3 is 0 Å². The summed E-state index contributed by atoms with van der Waals surface area (Å²) in [5.41, 5.74) is 5.03. The molecule has 0 aliphatic carbocycles. The largest absolute Gasteiger partial charge is 0.366 e. The Kier molecular flexibility index (Phi) is 3.54. The van der Waals surface area contributed by atoms with E-state index in [1.165, 1.54) is 6.20 Å². The normalized spacial score (nSPS) is 11.0. The quantitative estimate of drug-likeness (QED) is 0.805. The number of hydrogen-bond acceptors (Lipinski definition) is 2. The molecule has 0 spiro atoms. The van der Waals surface area contributed by atoms with Gasteiger partial charge in [-0.15, -0.1) is 0 Å². The first-order valence-electron chi connectivity index (χ1n) is 6.34. The molecule has 0 fully saturated rings. The maximum Gasteiger partial charge on any atom is 0.251 e. The van der Waals surface area contributed by atoms with E-state index in [1.54, 1.807) is 22.9 Å². The van der Waals surface area contributed by atoms with Crippen molar-refractivity contribution in [2.45, 2.75) is 6.54 Å². The molecule has 4 nitrogen and oxygen atoms in total. The van der Waals surface area contributed by atoms with Crippen LogP contribution in [0, 0.1) is 11.6 Å². The SMILES string of the molecule is NC(=O)c1ccc(F)c(Cn2ccc3cc(Cl)cnc32)c1F. The number of nitrogens with zero attached hydrogens (tertiary/aromatic N) is 2. The molecule has 0 saturated carbocycles. The zero-order chi connectivity index (χ0) is 15.9. The fourth-order valence-electron chi connectivity index (χ4n) is 2.28. The van der Waals surface area contributed by atoms with Gasteiger partial charge in [0, 0.05) is 23.3 Å². The molecule has 1 amide bonds. The van der Waals surface area contributed by atoms with E-state index in [0.29, 0.717) is 10.7 Å². The van der Waals surface area contributed by atoms with Crippen molar-refractivity contribution in [2.75, 3.05) is 0 Å². The molecule has 0 bridgehead atoms. The number of carbonyl (C=O) groups excluding carboxylic acids is 1. The highest BCUT2D eigenvalue weighted by atomic mass is 35.5. The summed E-state index contributed by atoms with van der Waals surface area (Å²) in [5.74, 6) is -2.65. The van der Waals surface area contributed by atoms with Gasteiger partial charge in [0.1, 0.15) is 17.3 Å². The van der Waals surface area contributed by atoms with Crippen molar-refractivity contribution < 1.29 is 13.6 Å². The van der Waals surface area contributed by atoms with Gasteiger partial charge in [0.2, 0.25) is 0 Å². The number of rotatable bonds is 3. The lowest BCUT2D eigenvalue weighted by atomic mass is 10.1. The Morgan fingerprint density at radius 1 is 1.32 bits per heavy atom. The third-order valence-electron chi connectivity index (χ3n) is 3.35. The lowest BCUT2D eigenvalue weighted by Crippen LogP contribution is -2.16. The molecule has 2 N–H and O–H groups in total. The molecule has 0 unspecified atom stereocenters. The summed E-state index contributed by atoms with van der Waals surface area (Å²) in [7, 11) is 0. The van der Waals surface area contributed by atoms with E-state index in [4.69, 9.17) is 17.3 Å². The number of pyridine rings is 1. The van der Waals surface area contributed by atoms with Gasteiger partial charge in [0.25, 0.3) is 5.91 Å². The van der Waals surface area contributed by atoms with Crippen LogP contribution in [0.5, 0.6) is 0 Å². The van der Waals surface area contributed by atoms with Gasteiger partial charge in [-0.25, -0.2) is 13.8 Å². The highest BCUT2D eigenvalue weighted by Gasteiger charge is 2.18. The minimum absolute atomic E-state index is 0.114. The molecule has 2 aromatic heterocycles. The van der Waals surface area contributed by atoms with Crippen LogP contribution in [0.3, 0.4) is 0 Å². The molecule has 7 heteroatoms. The van der Waals surface area contributed by atoms with Gasteiger partial charge in [-0.2, -0.15) is 0 Å². The first kappa shape index (κ1) is 14.5. The van der Waals surface area contributed by atoms with Crippen LogP contribution in [0.25, 0.3) is 11.0 Å². The Balaban J connectivity index is 2.09. The van der Waals surface area contributed by atoms with Crippen LogP contribution in [0.1, 0.15) is 15.9 Å². The molecular weight excluding hydrogens is 312 g/mol. The maximum atomic E-state index is 14.2. The van der Waals surface area contributed by atoms with Gasteiger partial charge in [-0.3, -0.25) is 4.79 Å². The lowest BCUT2D eigenvalue weighted by Gasteiger charge is -2.09. The number of fused-ring (bicyclic) bond motifs is 1. The van der Waals surface area contributed by atoms with Crippen LogP contribution in [0.15, 0.2) is 36.7 Å². The van der Waals surface area contributed by atoms with Crippen LogP contribution in [-0.2, 0) is 6.54 Å². The smallest absolute Gasteiger partial charge is 0.251 e. The molecule has 1 aromatic carbocycles. The first-order chi connectivity index (χ1) is 10.5. The summed E-state index contributed by atoms with van der Waals surface area (Å²) in [6.45, 7) is -0.114. The van der Waals surface area contributed by atoms with Gasteiger partial charge in [-0.1, -0.05) is 11.6 Å². The summed E-state index contributed by atoms with van der Waals surface area (Å²) >= 11 is 5.85. The van der Waals surface area contributed by atoms with Gasteiger partial charge in [0.15, 0.2) is 0 Å². The number of hydrogen-bond donors (Lipinski definition) is 1. The first-order valence-corrected chi connectivity index (χ1v) is 6.72. The third kappa shape index (κ3) is 2.42. The lowest BCUT2D eigenvalue weighted by molar-refractivity contribution is 0.0996. The Morgan fingerprint density at radius 2 is 2.09 bits per heavy atom. The number of aromatic nitrogens is 2. The Morgan fingerprint density at radius 3 is 2.82 bits per heavy atom. The molecule has 22 heavy (non-hydrogen) atoms. The van der Waals surface area contributed by atoms with E-state index < -0.39 is 17.5 Å². The molecule has 0 aliphatic rings. The van der Waals surface area contributed by atoms with E-state index in [1.807, 2.05) is 0 Å². The summed E-state index contributed by atoms with van der Waals surface area (Å²) in [6.07, 6.45) is 3.09. The Bertz CT molecular complexity index is 892. The van der Waals surface area contributed by atoms with Crippen molar-refractivity contribution in [3.05, 3.63) is 64.4 Å². The van der Waals surface area contributed by atoms with E-state index in [-0.39, 0.29) is 17.7 Å². The van der Waals surface area contributed by atoms with Crippen molar-refractivity contribution in [2.24, 2.45) is 5.73 Å². The minimum Gasteiger partial charge on any atom is -0.366 e. The average molecular weight is 322 g/mol. The van der Waals surface area contributed by atoms with E-state index in [2.05, 4.69) is 4.98 Å². The van der Waals surface area contributed by atoms with Crippen molar-refractivity contribution in [3.63, 3.8) is 0 Å². The number of amides is 1. The molecule has 3 aromatic rings. The second kappa shape index (κ2) is 5.38.